The monoisotopic (exact) mass is 459 g/mol. The molecule has 2 aliphatic heterocycles. The summed E-state index contributed by atoms with van der Waals surface area (Å²) in [6, 6.07) is 7.49. The van der Waals surface area contributed by atoms with Crippen LogP contribution in [0, 0.1) is 5.92 Å². The van der Waals surface area contributed by atoms with Crippen molar-refractivity contribution in [2.75, 3.05) is 42.3 Å². The quantitative estimate of drug-likeness (QED) is 0.571. The summed E-state index contributed by atoms with van der Waals surface area (Å²) in [6.45, 7) is 8.30. The second-order valence-electron chi connectivity index (χ2n) is 8.46. The van der Waals surface area contributed by atoms with Crippen LogP contribution in [0.5, 0.6) is 5.75 Å². The Labute approximate surface area is 194 Å². The van der Waals surface area contributed by atoms with Crippen molar-refractivity contribution >= 4 is 29.3 Å². The molecule has 0 saturated carbocycles. The van der Waals surface area contributed by atoms with Gasteiger partial charge in [0.1, 0.15) is 5.75 Å². The highest BCUT2D eigenvalue weighted by Crippen LogP contribution is 2.29. The number of ether oxygens (including phenoxy) is 2. The minimum absolute atomic E-state index is 0.0952. The minimum atomic E-state index is -0.0952. The summed E-state index contributed by atoms with van der Waals surface area (Å²) in [5.41, 5.74) is 0.684. The van der Waals surface area contributed by atoms with Crippen molar-refractivity contribution in [3.05, 3.63) is 24.3 Å². The summed E-state index contributed by atoms with van der Waals surface area (Å²) >= 11 is 1.42. The standard InChI is InChI=1S/C23H33N5O3S/c1-3-30-20-9-5-4-8-19(20)24-21(29)16-32-23-26-25-22(27-12-10-17(2)11-13-27)28(23)15-18-7-6-14-31-18/h4-5,8-9,17-18H,3,6-7,10-16H2,1-2H3,(H,24,29). The van der Waals surface area contributed by atoms with Crippen LogP contribution < -0.4 is 15.0 Å². The predicted molar refractivity (Wildman–Crippen MR) is 127 cm³/mol. The van der Waals surface area contributed by atoms with Gasteiger partial charge in [-0.25, -0.2) is 0 Å². The lowest BCUT2D eigenvalue weighted by Gasteiger charge is -2.31. The summed E-state index contributed by atoms with van der Waals surface area (Å²) < 4.78 is 13.6. The lowest BCUT2D eigenvalue weighted by molar-refractivity contribution is -0.113. The number of rotatable bonds is 9. The normalized spacial score (nSPS) is 19.3. The molecule has 1 aromatic heterocycles. The summed E-state index contributed by atoms with van der Waals surface area (Å²) in [5.74, 6) is 2.48. The van der Waals surface area contributed by atoms with E-state index in [1.807, 2.05) is 31.2 Å². The van der Waals surface area contributed by atoms with Crippen LogP contribution in [0.2, 0.25) is 0 Å². The molecule has 0 bridgehead atoms. The van der Waals surface area contributed by atoms with E-state index >= 15 is 0 Å². The van der Waals surface area contributed by atoms with Gasteiger partial charge >= 0.3 is 0 Å². The zero-order valence-electron chi connectivity index (χ0n) is 19.0. The molecular weight excluding hydrogens is 426 g/mol. The van der Waals surface area contributed by atoms with E-state index in [4.69, 9.17) is 9.47 Å². The van der Waals surface area contributed by atoms with Gasteiger partial charge in [-0.3, -0.25) is 9.36 Å². The van der Waals surface area contributed by atoms with Crippen molar-refractivity contribution in [3.8, 4) is 5.75 Å². The second-order valence-corrected chi connectivity index (χ2v) is 9.41. The highest BCUT2D eigenvalue weighted by molar-refractivity contribution is 7.99. The SMILES string of the molecule is CCOc1ccccc1NC(=O)CSc1nnc(N2CCC(C)CC2)n1CC1CCCO1. The van der Waals surface area contributed by atoms with Gasteiger partial charge in [0, 0.05) is 19.7 Å². The third-order valence-corrected chi connectivity index (χ3v) is 6.93. The number of aromatic nitrogens is 3. The van der Waals surface area contributed by atoms with Gasteiger partial charge in [0.2, 0.25) is 11.9 Å². The predicted octanol–water partition coefficient (Wildman–Crippen LogP) is 3.82. The van der Waals surface area contributed by atoms with Gasteiger partial charge < -0.3 is 19.7 Å². The van der Waals surface area contributed by atoms with E-state index in [1.165, 1.54) is 11.8 Å². The molecule has 1 N–H and O–H groups in total. The maximum Gasteiger partial charge on any atom is 0.234 e. The number of benzene rings is 1. The Kier molecular flexibility index (Phi) is 7.91. The van der Waals surface area contributed by atoms with E-state index in [1.54, 1.807) is 0 Å². The molecule has 2 aliphatic rings. The van der Waals surface area contributed by atoms with Crippen molar-refractivity contribution in [2.24, 2.45) is 5.92 Å². The fourth-order valence-electron chi connectivity index (χ4n) is 4.15. The molecule has 2 saturated heterocycles. The summed E-state index contributed by atoms with van der Waals surface area (Å²) in [4.78, 5) is 15.0. The van der Waals surface area contributed by atoms with Gasteiger partial charge in [0.05, 0.1) is 30.7 Å². The van der Waals surface area contributed by atoms with E-state index in [0.29, 0.717) is 18.0 Å². The van der Waals surface area contributed by atoms with E-state index in [2.05, 4.69) is 31.9 Å². The summed E-state index contributed by atoms with van der Waals surface area (Å²) in [7, 11) is 0. The first-order chi connectivity index (χ1) is 15.6. The number of nitrogens with one attached hydrogen (secondary N) is 1. The molecule has 1 aromatic carbocycles. The van der Waals surface area contributed by atoms with Crippen molar-refractivity contribution in [2.45, 2.75) is 57.3 Å². The first-order valence-corrected chi connectivity index (χ1v) is 12.6. The maximum absolute atomic E-state index is 12.7. The largest absolute Gasteiger partial charge is 0.492 e. The number of para-hydroxylation sites is 2. The van der Waals surface area contributed by atoms with Crippen LogP contribution in [-0.4, -0.2) is 58.8 Å². The molecule has 4 rings (SSSR count). The van der Waals surface area contributed by atoms with Crippen LogP contribution in [0.25, 0.3) is 0 Å². The molecule has 174 valence electrons. The average Bonchev–Trinajstić information content (AvgIpc) is 3.45. The molecule has 9 heteroatoms. The Bertz CT molecular complexity index is 892. The fraction of sp³-hybridized carbons (Fsp3) is 0.609. The number of hydrogen-bond donors (Lipinski definition) is 1. The zero-order chi connectivity index (χ0) is 22.3. The van der Waals surface area contributed by atoms with Crippen LogP contribution in [0.4, 0.5) is 11.6 Å². The highest BCUT2D eigenvalue weighted by atomic mass is 32.2. The van der Waals surface area contributed by atoms with Gasteiger partial charge in [-0.15, -0.1) is 10.2 Å². The number of nitrogens with zero attached hydrogens (tertiary/aromatic N) is 4. The molecule has 1 atom stereocenters. The van der Waals surface area contributed by atoms with Crippen LogP contribution >= 0.6 is 11.8 Å². The van der Waals surface area contributed by atoms with Crippen LogP contribution in [0.3, 0.4) is 0 Å². The van der Waals surface area contributed by atoms with Gasteiger partial charge in [-0.2, -0.15) is 0 Å². The molecule has 2 aromatic rings. The molecule has 2 fully saturated rings. The first-order valence-electron chi connectivity index (χ1n) is 11.6. The third kappa shape index (κ3) is 5.75. The van der Waals surface area contributed by atoms with Gasteiger partial charge in [0.25, 0.3) is 0 Å². The number of carbonyl (C=O) groups is 1. The Morgan fingerprint density at radius 3 is 2.81 bits per heavy atom. The van der Waals surface area contributed by atoms with Crippen LogP contribution in [0.15, 0.2) is 29.4 Å². The Morgan fingerprint density at radius 1 is 1.25 bits per heavy atom. The lowest BCUT2D eigenvalue weighted by atomic mass is 10.00. The van der Waals surface area contributed by atoms with Crippen molar-refractivity contribution < 1.29 is 14.3 Å². The third-order valence-electron chi connectivity index (χ3n) is 5.97. The lowest BCUT2D eigenvalue weighted by Crippen LogP contribution is -2.35. The smallest absolute Gasteiger partial charge is 0.234 e. The number of thioether (sulfide) groups is 1. The molecular formula is C23H33N5O3S. The van der Waals surface area contributed by atoms with E-state index in [9.17, 15) is 4.79 Å². The minimum Gasteiger partial charge on any atom is -0.492 e. The number of anilines is 2. The van der Waals surface area contributed by atoms with Crippen LogP contribution in [0.1, 0.15) is 39.5 Å². The Balaban J connectivity index is 1.43. The van der Waals surface area contributed by atoms with Gasteiger partial charge in [0.15, 0.2) is 5.16 Å². The molecule has 32 heavy (non-hydrogen) atoms. The van der Waals surface area contributed by atoms with Gasteiger partial charge in [-0.1, -0.05) is 30.8 Å². The zero-order valence-corrected chi connectivity index (χ0v) is 19.8. The second kappa shape index (κ2) is 11.0. The van der Waals surface area contributed by atoms with Crippen LogP contribution in [-0.2, 0) is 16.1 Å². The van der Waals surface area contributed by atoms with Crippen molar-refractivity contribution in [1.29, 1.82) is 0 Å². The fourth-order valence-corrected chi connectivity index (χ4v) is 4.89. The Hall–Kier alpha value is -2.26. The van der Waals surface area contributed by atoms with E-state index in [0.717, 1.165) is 68.9 Å². The van der Waals surface area contributed by atoms with Gasteiger partial charge in [-0.05, 0) is 50.7 Å². The first kappa shape index (κ1) is 22.9. The number of amides is 1. The maximum atomic E-state index is 12.7. The molecule has 0 radical (unpaired) electrons. The molecule has 0 aliphatic carbocycles. The summed E-state index contributed by atoms with van der Waals surface area (Å²) in [6.07, 6.45) is 4.65. The molecule has 3 heterocycles. The average molecular weight is 460 g/mol. The van der Waals surface area contributed by atoms with E-state index in [-0.39, 0.29) is 17.8 Å². The number of hydrogen-bond acceptors (Lipinski definition) is 7. The molecule has 0 spiro atoms. The Morgan fingerprint density at radius 2 is 2.06 bits per heavy atom. The number of carbonyl (C=O) groups excluding carboxylic acids is 1. The highest BCUT2D eigenvalue weighted by Gasteiger charge is 2.26. The summed E-state index contributed by atoms with van der Waals surface area (Å²) in [5, 5.41) is 12.7. The molecule has 1 unspecified atom stereocenters. The number of piperidine rings is 1. The van der Waals surface area contributed by atoms with Crippen molar-refractivity contribution in [1.82, 2.24) is 14.8 Å². The van der Waals surface area contributed by atoms with E-state index < -0.39 is 0 Å². The van der Waals surface area contributed by atoms with Crippen molar-refractivity contribution in [3.63, 3.8) is 0 Å². The topological polar surface area (TPSA) is 81.5 Å². The molecule has 8 nitrogen and oxygen atoms in total. The molecule has 1 amide bonds.